The van der Waals surface area contributed by atoms with Crippen LogP contribution in [0.25, 0.3) is 0 Å². The van der Waals surface area contributed by atoms with Gasteiger partial charge in [-0.15, -0.1) is 0 Å². The van der Waals surface area contributed by atoms with Gasteiger partial charge >= 0.3 is 0 Å². The van der Waals surface area contributed by atoms with Crippen molar-refractivity contribution < 1.29 is 0 Å². The molecule has 0 heterocycles. The maximum absolute atomic E-state index is 8.97. The number of nitriles is 1. The predicted octanol–water partition coefficient (Wildman–Crippen LogP) is 2.78. The molecule has 0 unspecified atom stereocenters. The van der Waals surface area contributed by atoms with E-state index in [-0.39, 0.29) is 0 Å². The molecule has 3 nitrogen and oxygen atoms in total. The van der Waals surface area contributed by atoms with E-state index in [4.69, 9.17) is 11.0 Å². The molecule has 0 aliphatic rings. The van der Waals surface area contributed by atoms with E-state index in [0.717, 1.165) is 12.2 Å². The number of benzene rings is 2. The van der Waals surface area contributed by atoms with Crippen LogP contribution in [0.4, 0.5) is 11.4 Å². The number of nitrogens with two attached hydrogens (primary N) is 1. The van der Waals surface area contributed by atoms with Gasteiger partial charge in [-0.25, -0.2) is 0 Å². The molecule has 0 radical (unpaired) electrons. The lowest BCUT2D eigenvalue weighted by Gasteiger charge is -2.21. The van der Waals surface area contributed by atoms with Crippen LogP contribution in [0.2, 0.25) is 0 Å². The van der Waals surface area contributed by atoms with Gasteiger partial charge in [-0.3, -0.25) is 0 Å². The Morgan fingerprint density at radius 2 is 1.83 bits per heavy atom. The van der Waals surface area contributed by atoms with Crippen molar-refractivity contribution in [1.29, 1.82) is 5.26 Å². The number of hydrogen-bond acceptors (Lipinski definition) is 3. The Labute approximate surface area is 107 Å². The maximum Gasteiger partial charge on any atom is 0.101 e. The molecule has 2 aromatic carbocycles. The van der Waals surface area contributed by atoms with Crippen molar-refractivity contribution in [1.82, 2.24) is 0 Å². The van der Waals surface area contributed by atoms with Crippen molar-refractivity contribution in [3.63, 3.8) is 0 Å². The first-order valence-electron chi connectivity index (χ1n) is 5.76. The molecule has 18 heavy (non-hydrogen) atoms. The molecule has 2 aromatic rings. The fourth-order valence-electron chi connectivity index (χ4n) is 1.93. The fourth-order valence-corrected chi connectivity index (χ4v) is 1.93. The predicted molar refractivity (Wildman–Crippen MR) is 74.1 cm³/mol. The Balaban J connectivity index is 2.25. The van der Waals surface area contributed by atoms with Crippen LogP contribution in [0, 0.1) is 11.3 Å². The summed E-state index contributed by atoms with van der Waals surface area (Å²) in [5.41, 5.74) is 9.14. The van der Waals surface area contributed by atoms with Gasteiger partial charge in [0.2, 0.25) is 0 Å². The van der Waals surface area contributed by atoms with Crippen LogP contribution in [0.15, 0.2) is 48.5 Å². The van der Waals surface area contributed by atoms with E-state index in [1.165, 1.54) is 5.56 Å². The van der Waals surface area contributed by atoms with Gasteiger partial charge < -0.3 is 10.6 Å². The highest BCUT2D eigenvalue weighted by atomic mass is 15.1. The van der Waals surface area contributed by atoms with Gasteiger partial charge in [-0.05, 0) is 17.7 Å². The number of nitrogens with zero attached hydrogens (tertiary/aromatic N) is 2. The molecule has 90 valence electrons. The summed E-state index contributed by atoms with van der Waals surface area (Å²) in [5, 5.41) is 8.97. The van der Waals surface area contributed by atoms with Crippen LogP contribution in [0.1, 0.15) is 11.1 Å². The molecule has 0 aliphatic heterocycles. The standard InChI is InChI=1S/C15H15N3/c1-18(11-12-6-3-2-4-7-12)14-9-5-8-13(10-16)15(14)17/h2-9H,11,17H2,1H3. The molecule has 2 rings (SSSR count). The van der Waals surface area contributed by atoms with Crippen molar-refractivity contribution in [2.24, 2.45) is 0 Å². The van der Waals surface area contributed by atoms with Crippen molar-refractivity contribution in [2.75, 3.05) is 17.7 Å². The quantitative estimate of drug-likeness (QED) is 0.835. The zero-order chi connectivity index (χ0) is 13.0. The average Bonchev–Trinajstić information content (AvgIpc) is 2.40. The van der Waals surface area contributed by atoms with E-state index in [0.29, 0.717) is 11.3 Å². The normalized spacial score (nSPS) is 9.78. The second-order valence-electron chi connectivity index (χ2n) is 4.19. The van der Waals surface area contributed by atoms with Crippen LogP contribution in [0.3, 0.4) is 0 Å². The largest absolute Gasteiger partial charge is 0.396 e. The molecule has 3 heteroatoms. The van der Waals surface area contributed by atoms with Gasteiger partial charge in [0.15, 0.2) is 0 Å². The minimum absolute atomic E-state index is 0.521. The third-order valence-electron chi connectivity index (χ3n) is 2.88. The molecule has 0 amide bonds. The zero-order valence-corrected chi connectivity index (χ0v) is 10.3. The van der Waals surface area contributed by atoms with E-state index < -0.39 is 0 Å². The van der Waals surface area contributed by atoms with Crippen LogP contribution in [0.5, 0.6) is 0 Å². The molecule has 0 saturated heterocycles. The molecular weight excluding hydrogens is 222 g/mol. The monoisotopic (exact) mass is 237 g/mol. The Bertz CT molecular complexity index is 570. The van der Waals surface area contributed by atoms with Gasteiger partial charge in [0, 0.05) is 13.6 Å². The molecule has 2 N–H and O–H groups in total. The molecular formula is C15H15N3. The first-order chi connectivity index (χ1) is 8.72. The third kappa shape index (κ3) is 2.44. The lowest BCUT2D eigenvalue weighted by Crippen LogP contribution is -2.18. The highest BCUT2D eigenvalue weighted by Crippen LogP contribution is 2.26. The third-order valence-corrected chi connectivity index (χ3v) is 2.88. The lowest BCUT2D eigenvalue weighted by molar-refractivity contribution is 0.924. The average molecular weight is 237 g/mol. The summed E-state index contributed by atoms with van der Waals surface area (Å²) in [5.74, 6) is 0. The molecule has 0 spiro atoms. The summed E-state index contributed by atoms with van der Waals surface area (Å²) < 4.78 is 0. The smallest absolute Gasteiger partial charge is 0.101 e. The van der Waals surface area contributed by atoms with Crippen LogP contribution in [-0.2, 0) is 6.54 Å². The van der Waals surface area contributed by atoms with E-state index in [1.807, 2.05) is 42.3 Å². The second kappa shape index (κ2) is 5.24. The van der Waals surface area contributed by atoms with Gasteiger partial charge in [0.05, 0.1) is 16.9 Å². The van der Waals surface area contributed by atoms with E-state index in [9.17, 15) is 0 Å². The Hall–Kier alpha value is -2.47. The van der Waals surface area contributed by atoms with Crippen LogP contribution < -0.4 is 10.6 Å². The van der Waals surface area contributed by atoms with E-state index in [1.54, 1.807) is 6.07 Å². The minimum Gasteiger partial charge on any atom is -0.396 e. The number of hydrogen-bond donors (Lipinski definition) is 1. The Morgan fingerprint density at radius 3 is 2.50 bits per heavy atom. The number of nitrogen functional groups attached to an aromatic ring is 1. The van der Waals surface area contributed by atoms with Crippen molar-refractivity contribution in [3.8, 4) is 6.07 Å². The zero-order valence-electron chi connectivity index (χ0n) is 10.3. The summed E-state index contributed by atoms with van der Waals surface area (Å²) in [6.07, 6.45) is 0. The van der Waals surface area contributed by atoms with Gasteiger partial charge in [0.25, 0.3) is 0 Å². The van der Waals surface area contributed by atoms with Gasteiger partial charge in [-0.1, -0.05) is 36.4 Å². The molecule has 0 aliphatic carbocycles. The summed E-state index contributed by atoms with van der Waals surface area (Å²) >= 11 is 0. The number of anilines is 2. The topological polar surface area (TPSA) is 53.0 Å². The highest BCUT2D eigenvalue weighted by molar-refractivity contribution is 5.73. The fraction of sp³-hybridized carbons (Fsp3) is 0.133. The van der Waals surface area contributed by atoms with E-state index >= 15 is 0 Å². The van der Waals surface area contributed by atoms with Gasteiger partial charge in [-0.2, -0.15) is 5.26 Å². The molecule has 0 atom stereocenters. The summed E-state index contributed by atoms with van der Waals surface area (Å²) in [6, 6.07) is 17.8. The Morgan fingerprint density at radius 1 is 1.11 bits per heavy atom. The first kappa shape index (κ1) is 12.0. The summed E-state index contributed by atoms with van der Waals surface area (Å²) in [6.45, 7) is 0.764. The van der Waals surface area contributed by atoms with Crippen LogP contribution in [-0.4, -0.2) is 7.05 Å². The van der Waals surface area contributed by atoms with Gasteiger partial charge in [0.1, 0.15) is 6.07 Å². The minimum atomic E-state index is 0.521. The summed E-state index contributed by atoms with van der Waals surface area (Å²) in [7, 11) is 1.97. The highest BCUT2D eigenvalue weighted by Gasteiger charge is 2.08. The molecule has 0 aromatic heterocycles. The molecule has 0 fully saturated rings. The van der Waals surface area contributed by atoms with Crippen molar-refractivity contribution in [3.05, 3.63) is 59.7 Å². The lowest BCUT2D eigenvalue weighted by atomic mass is 10.1. The summed E-state index contributed by atoms with van der Waals surface area (Å²) in [4.78, 5) is 2.05. The molecule has 0 saturated carbocycles. The number of para-hydroxylation sites is 1. The maximum atomic E-state index is 8.97. The SMILES string of the molecule is CN(Cc1ccccc1)c1cccc(C#N)c1N. The molecule has 0 bridgehead atoms. The van der Waals surface area contributed by atoms with Crippen molar-refractivity contribution >= 4 is 11.4 Å². The Kier molecular flexibility index (Phi) is 3.49. The second-order valence-corrected chi connectivity index (χ2v) is 4.19. The first-order valence-corrected chi connectivity index (χ1v) is 5.76. The van der Waals surface area contributed by atoms with Crippen LogP contribution >= 0.6 is 0 Å². The van der Waals surface area contributed by atoms with E-state index in [2.05, 4.69) is 18.2 Å². The number of rotatable bonds is 3. The van der Waals surface area contributed by atoms with Crippen molar-refractivity contribution in [2.45, 2.75) is 6.54 Å².